The number of pyridine rings is 1. The molecule has 4 heterocycles. The zero-order valence-corrected chi connectivity index (χ0v) is 23.9. The third kappa shape index (κ3) is 5.77. The molecular weight excluding hydrogens is 577 g/mol. The molecule has 0 spiro atoms. The van der Waals surface area contributed by atoms with Gasteiger partial charge in [0, 0.05) is 29.8 Å². The highest BCUT2D eigenvalue weighted by Gasteiger charge is 2.31. The maximum absolute atomic E-state index is 15.2. The number of carbonyl (C=O) groups excluding carboxylic acids is 1. The summed E-state index contributed by atoms with van der Waals surface area (Å²) in [6.45, 7) is 6.18. The third-order valence-corrected chi connectivity index (χ3v) is 7.19. The first-order valence-corrected chi connectivity index (χ1v) is 13.5. The van der Waals surface area contributed by atoms with Crippen LogP contribution >= 0.6 is 11.6 Å². The summed E-state index contributed by atoms with van der Waals surface area (Å²) < 4.78 is 34.2. The molecule has 1 amide bonds. The number of ether oxygens (including phenoxy) is 3. The highest BCUT2D eigenvalue weighted by molar-refractivity contribution is 6.31. The van der Waals surface area contributed by atoms with Crippen molar-refractivity contribution >= 4 is 39.9 Å². The van der Waals surface area contributed by atoms with E-state index in [1.807, 2.05) is 6.92 Å². The Balaban J connectivity index is 1.19. The normalized spacial score (nSPS) is 13.0. The number of nitrogens with one attached hydrogen (secondary N) is 1. The fourth-order valence-corrected chi connectivity index (χ4v) is 4.61. The van der Waals surface area contributed by atoms with Gasteiger partial charge in [-0.1, -0.05) is 18.2 Å². The summed E-state index contributed by atoms with van der Waals surface area (Å²) >= 11 is 6.17. The molecule has 0 bridgehead atoms. The van der Waals surface area contributed by atoms with Crippen LogP contribution in [0.3, 0.4) is 0 Å². The van der Waals surface area contributed by atoms with E-state index in [0.29, 0.717) is 57.7 Å². The molecule has 1 saturated heterocycles. The lowest BCUT2D eigenvalue weighted by Crippen LogP contribution is -2.55. The minimum atomic E-state index is -0.565. The summed E-state index contributed by atoms with van der Waals surface area (Å²) in [7, 11) is 1.53. The number of hydrogen-bond donors (Lipinski definition) is 1. The number of rotatable bonds is 9. The number of hydrogen-bond acceptors (Lipinski definition) is 9. The number of aryl methyl sites for hydroxylation is 1. The summed E-state index contributed by atoms with van der Waals surface area (Å²) in [5.41, 5.74) is 2.12. The van der Waals surface area contributed by atoms with Gasteiger partial charge in [0.05, 0.1) is 54.0 Å². The summed E-state index contributed by atoms with van der Waals surface area (Å²) in [4.78, 5) is 26.3. The quantitative estimate of drug-likeness (QED) is 0.214. The Morgan fingerprint density at radius 3 is 2.72 bits per heavy atom. The number of methoxy groups -OCH3 is 1. The molecule has 5 aromatic rings. The largest absolute Gasteiger partial charge is 0.493 e. The molecule has 2 aromatic carbocycles. The topological polar surface area (TPSA) is 117 Å². The van der Waals surface area contributed by atoms with Crippen molar-refractivity contribution < 1.29 is 23.4 Å². The fourth-order valence-electron chi connectivity index (χ4n) is 4.45. The molecular formula is C30H25ClFN7O4. The zero-order valence-electron chi connectivity index (χ0n) is 23.1. The molecule has 43 heavy (non-hydrogen) atoms. The molecule has 0 aliphatic carbocycles. The SMILES string of the molecule is C=CC(=O)N1CC(Oc2cc3c(Nc4ccc(Oc5ccn(-c6cnc(C)c(Cl)c6)n5)cc4F)ncnc3cc2OC)C1. The molecule has 0 atom stereocenters. The predicted molar refractivity (Wildman–Crippen MR) is 158 cm³/mol. The highest BCUT2D eigenvalue weighted by atomic mass is 35.5. The lowest BCUT2D eigenvalue weighted by molar-refractivity contribution is -0.134. The summed E-state index contributed by atoms with van der Waals surface area (Å²) in [6, 6.07) is 11.3. The predicted octanol–water partition coefficient (Wildman–Crippen LogP) is 5.63. The van der Waals surface area contributed by atoms with Gasteiger partial charge in [-0.05, 0) is 37.3 Å². The molecule has 0 unspecified atom stereocenters. The standard InChI is InChI=1S/C30H25ClFN7O4/c1-4-29(40)38-14-20(15-38)42-27-11-21-25(12-26(27)41-3)34-16-35-30(21)36-24-6-5-19(10-23(24)32)43-28-7-8-39(37-28)18-9-22(31)17(2)33-13-18/h4-13,16,20H,1,14-15H2,2-3H3,(H,34,35,36). The lowest BCUT2D eigenvalue weighted by atomic mass is 10.1. The molecule has 3 aromatic heterocycles. The minimum Gasteiger partial charge on any atom is -0.493 e. The van der Waals surface area contributed by atoms with E-state index < -0.39 is 5.82 Å². The first-order chi connectivity index (χ1) is 20.8. The second kappa shape index (κ2) is 11.6. The number of aromatic nitrogens is 5. The van der Waals surface area contributed by atoms with Crippen molar-refractivity contribution in [1.82, 2.24) is 29.6 Å². The second-order valence-corrected chi connectivity index (χ2v) is 10.1. The van der Waals surface area contributed by atoms with Gasteiger partial charge in [0.25, 0.3) is 0 Å². The smallest absolute Gasteiger partial charge is 0.246 e. The van der Waals surface area contributed by atoms with Crippen LogP contribution in [0.1, 0.15) is 5.69 Å². The molecule has 1 N–H and O–H groups in total. The number of amides is 1. The van der Waals surface area contributed by atoms with Crippen molar-refractivity contribution in [2.75, 3.05) is 25.5 Å². The van der Waals surface area contributed by atoms with Crippen LogP contribution in [0.5, 0.6) is 23.1 Å². The monoisotopic (exact) mass is 601 g/mol. The molecule has 1 aliphatic heterocycles. The molecule has 0 saturated carbocycles. The third-order valence-electron chi connectivity index (χ3n) is 6.80. The number of anilines is 2. The van der Waals surface area contributed by atoms with E-state index >= 15 is 4.39 Å². The maximum atomic E-state index is 15.2. The van der Waals surface area contributed by atoms with Crippen molar-refractivity contribution in [3.63, 3.8) is 0 Å². The van der Waals surface area contributed by atoms with E-state index in [1.165, 1.54) is 25.6 Å². The van der Waals surface area contributed by atoms with E-state index in [9.17, 15) is 4.79 Å². The Kier molecular flexibility index (Phi) is 7.51. The van der Waals surface area contributed by atoms with E-state index in [-0.39, 0.29) is 29.3 Å². The number of halogens is 2. The molecule has 1 aliphatic rings. The lowest BCUT2D eigenvalue weighted by Gasteiger charge is -2.38. The zero-order chi connectivity index (χ0) is 30.1. The van der Waals surface area contributed by atoms with Crippen molar-refractivity contribution in [2.24, 2.45) is 0 Å². The van der Waals surface area contributed by atoms with Gasteiger partial charge >= 0.3 is 0 Å². The van der Waals surface area contributed by atoms with Gasteiger partial charge in [0.1, 0.15) is 29.8 Å². The molecule has 13 heteroatoms. The van der Waals surface area contributed by atoms with Crippen LogP contribution in [-0.2, 0) is 4.79 Å². The summed E-state index contributed by atoms with van der Waals surface area (Å²) in [6.07, 6.45) is 5.78. The van der Waals surface area contributed by atoms with Gasteiger partial charge in [-0.2, -0.15) is 0 Å². The van der Waals surface area contributed by atoms with Crippen molar-refractivity contribution in [3.05, 3.63) is 90.4 Å². The van der Waals surface area contributed by atoms with Gasteiger partial charge in [0.15, 0.2) is 11.5 Å². The van der Waals surface area contributed by atoms with E-state index in [4.69, 9.17) is 25.8 Å². The van der Waals surface area contributed by atoms with E-state index in [0.717, 1.165) is 0 Å². The average molecular weight is 602 g/mol. The van der Waals surface area contributed by atoms with Gasteiger partial charge in [-0.25, -0.2) is 19.0 Å². The Morgan fingerprint density at radius 2 is 1.98 bits per heavy atom. The van der Waals surface area contributed by atoms with Gasteiger partial charge in [-0.3, -0.25) is 9.78 Å². The van der Waals surface area contributed by atoms with Crippen molar-refractivity contribution in [1.29, 1.82) is 0 Å². The molecule has 218 valence electrons. The summed E-state index contributed by atoms with van der Waals surface area (Å²) in [5.74, 6) is 1.10. The van der Waals surface area contributed by atoms with Crippen LogP contribution in [0, 0.1) is 12.7 Å². The van der Waals surface area contributed by atoms with E-state index in [2.05, 4.69) is 31.9 Å². The highest BCUT2D eigenvalue weighted by Crippen LogP contribution is 2.37. The van der Waals surface area contributed by atoms with Gasteiger partial charge < -0.3 is 24.4 Å². The minimum absolute atomic E-state index is 0.150. The molecule has 0 radical (unpaired) electrons. The number of likely N-dealkylation sites (tertiary alicyclic amines) is 1. The molecule has 6 rings (SSSR count). The van der Waals surface area contributed by atoms with Gasteiger partial charge in [0.2, 0.25) is 11.8 Å². The molecule has 11 nitrogen and oxygen atoms in total. The number of benzene rings is 2. The van der Waals surface area contributed by atoms with Gasteiger partial charge in [-0.15, -0.1) is 5.10 Å². The van der Waals surface area contributed by atoms with Crippen LogP contribution < -0.4 is 19.5 Å². The van der Waals surface area contributed by atoms with Crippen LogP contribution in [-0.4, -0.2) is 61.8 Å². The van der Waals surface area contributed by atoms with Crippen LogP contribution in [0.4, 0.5) is 15.9 Å². The Labute approximate surface area is 250 Å². The van der Waals surface area contributed by atoms with Crippen LogP contribution in [0.15, 0.2) is 73.8 Å². The first-order valence-electron chi connectivity index (χ1n) is 13.1. The van der Waals surface area contributed by atoms with Crippen LogP contribution in [0.2, 0.25) is 5.02 Å². The second-order valence-electron chi connectivity index (χ2n) is 9.66. The van der Waals surface area contributed by atoms with Crippen molar-refractivity contribution in [2.45, 2.75) is 13.0 Å². The molecule has 1 fully saturated rings. The Hall–Kier alpha value is -5.23. The maximum Gasteiger partial charge on any atom is 0.246 e. The Morgan fingerprint density at radius 1 is 1.14 bits per heavy atom. The number of nitrogens with zero attached hydrogens (tertiary/aromatic N) is 6. The Bertz CT molecular complexity index is 1860. The summed E-state index contributed by atoms with van der Waals surface area (Å²) in [5, 5.41) is 8.51. The number of carbonyl (C=O) groups is 1. The fraction of sp³-hybridized carbons (Fsp3) is 0.167. The first kappa shape index (κ1) is 27.9. The van der Waals surface area contributed by atoms with Crippen LogP contribution in [0.25, 0.3) is 16.6 Å². The number of fused-ring (bicyclic) bond motifs is 1. The van der Waals surface area contributed by atoms with E-state index in [1.54, 1.807) is 58.4 Å². The average Bonchev–Trinajstić information content (AvgIpc) is 3.45. The van der Waals surface area contributed by atoms with Crippen molar-refractivity contribution in [3.8, 4) is 28.8 Å².